The number of benzene rings is 1. The Bertz CT molecular complexity index is 902. The quantitative estimate of drug-likeness (QED) is 0.838. The molecular weight excluding hydrogens is 346 g/mol. The minimum Gasteiger partial charge on any atom is -0.451 e. The second-order valence-electron chi connectivity index (χ2n) is 5.51. The van der Waals surface area contributed by atoms with Gasteiger partial charge in [0.1, 0.15) is 6.26 Å². The Morgan fingerprint density at radius 1 is 1.24 bits per heavy atom. The number of furan rings is 1. The molecule has 2 aromatic rings. The van der Waals surface area contributed by atoms with Gasteiger partial charge in [-0.1, -0.05) is 0 Å². The van der Waals surface area contributed by atoms with E-state index in [4.69, 9.17) is 4.42 Å². The van der Waals surface area contributed by atoms with Crippen molar-refractivity contribution >= 4 is 33.2 Å². The SMILES string of the molecule is CNS(=O)(=O)c1cc(C(=O)Nc2ccc(N3CCCC3=O)cc2)co1. The average Bonchev–Trinajstić information content (AvgIpc) is 3.25. The molecule has 1 aliphatic heterocycles. The summed E-state index contributed by atoms with van der Waals surface area (Å²) in [7, 11) is -2.48. The summed E-state index contributed by atoms with van der Waals surface area (Å²) < 4.78 is 30.3. The van der Waals surface area contributed by atoms with E-state index in [1.54, 1.807) is 29.2 Å². The molecule has 8 nitrogen and oxygen atoms in total. The maximum Gasteiger partial charge on any atom is 0.273 e. The topological polar surface area (TPSA) is 109 Å². The molecule has 0 aliphatic carbocycles. The third-order valence-corrected chi connectivity index (χ3v) is 5.16. The van der Waals surface area contributed by atoms with Crippen LogP contribution in [-0.2, 0) is 14.8 Å². The number of rotatable bonds is 5. The molecule has 0 bridgehead atoms. The molecule has 1 aromatic carbocycles. The van der Waals surface area contributed by atoms with Gasteiger partial charge < -0.3 is 14.6 Å². The summed E-state index contributed by atoms with van der Waals surface area (Å²) >= 11 is 0. The molecule has 0 atom stereocenters. The van der Waals surface area contributed by atoms with Crippen molar-refractivity contribution in [2.24, 2.45) is 0 Å². The van der Waals surface area contributed by atoms with Crippen molar-refractivity contribution in [3.05, 3.63) is 42.2 Å². The van der Waals surface area contributed by atoms with Crippen molar-refractivity contribution in [1.82, 2.24) is 4.72 Å². The average molecular weight is 363 g/mol. The molecule has 2 amide bonds. The summed E-state index contributed by atoms with van der Waals surface area (Å²) in [6, 6.07) is 8.03. The summed E-state index contributed by atoms with van der Waals surface area (Å²) in [5.41, 5.74) is 1.40. The molecule has 0 unspecified atom stereocenters. The number of amides is 2. The van der Waals surface area contributed by atoms with Crippen LogP contribution in [0.15, 0.2) is 46.1 Å². The first-order valence-electron chi connectivity index (χ1n) is 7.64. The van der Waals surface area contributed by atoms with Crippen LogP contribution >= 0.6 is 0 Å². The van der Waals surface area contributed by atoms with Crippen LogP contribution < -0.4 is 14.9 Å². The van der Waals surface area contributed by atoms with Gasteiger partial charge in [0.25, 0.3) is 15.9 Å². The largest absolute Gasteiger partial charge is 0.451 e. The van der Waals surface area contributed by atoms with E-state index in [0.717, 1.165) is 24.4 Å². The first kappa shape index (κ1) is 17.2. The Morgan fingerprint density at radius 3 is 2.56 bits per heavy atom. The molecule has 1 fully saturated rings. The van der Waals surface area contributed by atoms with Crippen molar-refractivity contribution in [3.8, 4) is 0 Å². The molecule has 0 saturated carbocycles. The molecule has 1 aromatic heterocycles. The molecule has 2 N–H and O–H groups in total. The van der Waals surface area contributed by atoms with Gasteiger partial charge in [-0.05, 0) is 37.7 Å². The zero-order valence-corrected chi connectivity index (χ0v) is 14.3. The normalized spacial score (nSPS) is 14.8. The highest BCUT2D eigenvalue weighted by atomic mass is 32.2. The molecule has 1 saturated heterocycles. The van der Waals surface area contributed by atoms with Crippen molar-refractivity contribution in [2.75, 3.05) is 23.8 Å². The molecule has 9 heteroatoms. The van der Waals surface area contributed by atoms with Crippen LogP contribution in [-0.4, -0.2) is 33.8 Å². The van der Waals surface area contributed by atoms with Crippen LogP contribution in [0.2, 0.25) is 0 Å². The Kier molecular flexibility index (Phi) is 4.60. The van der Waals surface area contributed by atoms with Crippen molar-refractivity contribution < 1.29 is 22.4 Å². The summed E-state index contributed by atoms with van der Waals surface area (Å²) in [6.45, 7) is 0.697. The Labute approximate surface area is 144 Å². The molecule has 0 spiro atoms. The standard InChI is InChI=1S/C16H17N3O5S/c1-17-25(22,23)15-9-11(10-24-15)16(21)18-12-4-6-13(7-5-12)19-8-2-3-14(19)20/h4-7,9-10,17H,2-3,8H2,1H3,(H,18,21). The van der Waals surface area contributed by atoms with Gasteiger partial charge in [-0.15, -0.1) is 0 Å². The van der Waals surface area contributed by atoms with Gasteiger partial charge >= 0.3 is 0 Å². The van der Waals surface area contributed by atoms with Crippen LogP contribution in [0.1, 0.15) is 23.2 Å². The Hall–Kier alpha value is -2.65. The van der Waals surface area contributed by atoms with Gasteiger partial charge in [0.2, 0.25) is 11.0 Å². The van der Waals surface area contributed by atoms with Gasteiger partial charge in [0.15, 0.2) is 0 Å². The number of hydrogen-bond acceptors (Lipinski definition) is 5. The molecule has 1 aliphatic rings. The fourth-order valence-electron chi connectivity index (χ4n) is 2.53. The molecule has 25 heavy (non-hydrogen) atoms. The number of nitrogens with zero attached hydrogens (tertiary/aromatic N) is 1. The van der Waals surface area contributed by atoms with Gasteiger partial charge in [-0.3, -0.25) is 9.59 Å². The molecule has 132 valence electrons. The highest BCUT2D eigenvalue weighted by Crippen LogP contribution is 2.23. The summed E-state index contributed by atoms with van der Waals surface area (Å²) in [4.78, 5) is 25.6. The van der Waals surface area contributed by atoms with E-state index in [1.165, 1.54) is 7.05 Å². The lowest BCUT2D eigenvalue weighted by Crippen LogP contribution is -2.23. The van der Waals surface area contributed by atoms with E-state index < -0.39 is 15.9 Å². The maximum absolute atomic E-state index is 12.2. The first-order chi connectivity index (χ1) is 11.9. The fraction of sp³-hybridized carbons (Fsp3) is 0.250. The summed E-state index contributed by atoms with van der Waals surface area (Å²) in [5, 5.41) is 2.32. The minimum absolute atomic E-state index is 0.0904. The van der Waals surface area contributed by atoms with Crippen LogP contribution in [0.25, 0.3) is 0 Å². The Morgan fingerprint density at radius 2 is 1.96 bits per heavy atom. The molecule has 2 heterocycles. The van der Waals surface area contributed by atoms with Gasteiger partial charge in [0, 0.05) is 30.4 Å². The van der Waals surface area contributed by atoms with Gasteiger partial charge in [-0.2, -0.15) is 0 Å². The number of nitrogens with one attached hydrogen (secondary N) is 2. The van der Waals surface area contributed by atoms with Gasteiger partial charge in [-0.25, -0.2) is 13.1 Å². The zero-order valence-electron chi connectivity index (χ0n) is 13.5. The maximum atomic E-state index is 12.2. The number of hydrogen-bond donors (Lipinski definition) is 2. The van der Waals surface area contributed by atoms with Gasteiger partial charge in [0.05, 0.1) is 5.56 Å². The predicted molar refractivity (Wildman–Crippen MR) is 90.9 cm³/mol. The predicted octanol–water partition coefficient (Wildman–Crippen LogP) is 1.57. The second kappa shape index (κ2) is 6.69. The summed E-state index contributed by atoms with van der Waals surface area (Å²) in [6.07, 6.45) is 2.48. The lowest BCUT2D eigenvalue weighted by Gasteiger charge is -2.16. The molecular formula is C16H17N3O5S. The van der Waals surface area contributed by atoms with E-state index in [0.29, 0.717) is 18.7 Å². The van der Waals surface area contributed by atoms with Crippen molar-refractivity contribution in [2.45, 2.75) is 17.9 Å². The molecule has 0 radical (unpaired) electrons. The van der Waals surface area contributed by atoms with E-state index in [-0.39, 0.29) is 16.6 Å². The summed E-state index contributed by atoms with van der Waals surface area (Å²) in [5.74, 6) is -0.403. The van der Waals surface area contributed by atoms with Crippen LogP contribution in [0.3, 0.4) is 0 Å². The van der Waals surface area contributed by atoms with Crippen LogP contribution in [0, 0.1) is 0 Å². The number of anilines is 2. The highest BCUT2D eigenvalue weighted by molar-refractivity contribution is 7.89. The minimum atomic E-state index is -3.74. The number of carbonyl (C=O) groups is 2. The van der Waals surface area contributed by atoms with Crippen molar-refractivity contribution in [1.29, 1.82) is 0 Å². The third kappa shape index (κ3) is 3.57. The smallest absolute Gasteiger partial charge is 0.273 e. The van der Waals surface area contributed by atoms with Crippen molar-refractivity contribution in [3.63, 3.8) is 0 Å². The fourth-order valence-corrected chi connectivity index (χ4v) is 3.18. The second-order valence-corrected chi connectivity index (χ2v) is 7.33. The number of sulfonamides is 1. The van der Waals surface area contributed by atoms with E-state index in [2.05, 4.69) is 10.0 Å². The van der Waals surface area contributed by atoms with E-state index >= 15 is 0 Å². The zero-order chi connectivity index (χ0) is 18.0. The monoisotopic (exact) mass is 363 g/mol. The lowest BCUT2D eigenvalue weighted by atomic mass is 10.2. The molecule has 3 rings (SSSR count). The lowest BCUT2D eigenvalue weighted by molar-refractivity contribution is -0.117. The highest BCUT2D eigenvalue weighted by Gasteiger charge is 2.22. The van der Waals surface area contributed by atoms with E-state index in [9.17, 15) is 18.0 Å². The number of carbonyl (C=O) groups excluding carboxylic acids is 2. The van der Waals surface area contributed by atoms with Crippen LogP contribution in [0.5, 0.6) is 0 Å². The Balaban J connectivity index is 1.70. The third-order valence-electron chi connectivity index (χ3n) is 3.88. The van der Waals surface area contributed by atoms with E-state index in [1.807, 2.05) is 0 Å². The first-order valence-corrected chi connectivity index (χ1v) is 9.13. The van der Waals surface area contributed by atoms with Crippen LogP contribution in [0.4, 0.5) is 11.4 Å².